The van der Waals surface area contributed by atoms with Crippen molar-refractivity contribution in [3.05, 3.63) is 29.6 Å². The summed E-state index contributed by atoms with van der Waals surface area (Å²) in [5, 5.41) is 8.28. The number of nitrogens with zero attached hydrogens (tertiary/aromatic N) is 2. The molecule has 0 saturated heterocycles. The van der Waals surface area contributed by atoms with Crippen LogP contribution in [0.25, 0.3) is 6.08 Å². The summed E-state index contributed by atoms with van der Waals surface area (Å²) < 4.78 is 0. The summed E-state index contributed by atoms with van der Waals surface area (Å²) in [5.74, 6) is 0. The van der Waals surface area contributed by atoms with E-state index in [0.717, 1.165) is 11.3 Å². The number of aryl methyl sites for hydroxylation is 1. The van der Waals surface area contributed by atoms with Crippen LogP contribution in [-0.2, 0) is 0 Å². The van der Waals surface area contributed by atoms with Gasteiger partial charge in [0.25, 0.3) is 0 Å². The normalized spacial score (nSPS) is 10.0. The van der Waals surface area contributed by atoms with Crippen molar-refractivity contribution >= 4 is 11.8 Å². The van der Waals surface area contributed by atoms with Crippen LogP contribution < -0.4 is 5.73 Å². The highest BCUT2D eigenvalue weighted by molar-refractivity contribution is 5.54. The Labute approximate surface area is 71.2 Å². The largest absolute Gasteiger partial charge is 0.397 e. The summed E-state index contributed by atoms with van der Waals surface area (Å²) in [6.07, 6.45) is 4.63. The van der Waals surface area contributed by atoms with Gasteiger partial charge in [-0.1, -0.05) is 0 Å². The van der Waals surface area contributed by atoms with Gasteiger partial charge in [-0.25, -0.2) is 0 Å². The lowest BCUT2D eigenvalue weighted by Gasteiger charge is -1.98. The van der Waals surface area contributed by atoms with Gasteiger partial charge in [-0.15, -0.1) is 0 Å². The number of nitrogen functional groups attached to an aromatic ring is 1. The standard InChI is InChI=1S/C9H9N3/c1-7-5-8(11)6-12-9(7)3-2-4-10/h2-3,5-6H,11H2,1H3. The molecule has 0 aliphatic heterocycles. The van der Waals surface area contributed by atoms with Gasteiger partial charge in [-0.05, 0) is 24.6 Å². The van der Waals surface area contributed by atoms with Crippen LogP contribution in [-0.4, -0.2) is 4.98 Å². The number of hydrogen-bond acceptors (Lipinski definition) is 3. The highest BCUT2D eigenvalue weighted by Crippen LogP contribution is 2.09. The van der Waals surface area contributed by atoms with Crippen molar-refractivity contribution in [2.45, 2.75) is 6.92 Å². The molecule has 0 amide bonds. The molecule has 0 unspecified atom stereocenters. The van der Waals surface area contributed by atoms with E-state index in [2.05, 4.69) is 4.98 Å². The molecule has 0 saturated carbocycles. The average Bonchev–Trinajstić information content (AvgIpc) is 2.03. The van der Waals surface area contributed by atoms with Gasteiger partial charge in [-0.3, -0.25) is 4.98 Å². The summed E-state index contributed by atoms with van der Waals surface area (Å²) in [6, 6.07) is 3.73. The fourth-order valence-corrected chi connectivity index (χ4v) is 0.898. The van der Waals surface area contributed by atoms with Gasteiger partial charge in [0.15, 0.2) is 0 Å². The number of allylic oxidation sites excluding steroid dienone is 1. The van der Waals surface area contributed by atoms with Crippen molar-refractivity contribution in [2.24, 2.45) is 0 Å². The maximum absolute atomic E-state index is 8.28. The molecule has 1 aromatic rings. The van der Waals surface area contributed by atoms with Crippen LogP contribution >= 0.6 is 0 Å². The van der Waals surface area contributed by atoms with E-state index in [1.165, 1.54) is 6.08 Å². The molecule has 0 fully saturated rings. The lowest BCUT2D eigenvalue weighted by atomic mass is 10.2. The number of anilines is 1. The van der Waals surface area contributed by atoms with Gasteiger partial charge in [0.2, 0.25) is 0 Å². The van der Waals surface area contributed by atoms with Crippen molar-refractivity contribution in [1.82, 2.24) is 4.98 Å². The zero-order chi connectivity index (χ0) is 8.97. The first kappa shape index (κ1) is 8.28. The van der Waals surface area contributed by atoms with E-state index in [1.807, 2.05) is 19.1 Å². The Hall–Kier alpha value is -1.82. The number of pyridine rings is 1. The van der Waals surface area contributed by atoms with Crippen LogP contribution in [0.4, 0.5) is 5.69 Å². The summed E-state index contributed by atoms with van der Waals surface area (Å²) in [7, 11) is 0. The van der Waals surface area contributed by atoms with Gasteiger partial charge in [-0.2, -0.15) is 5.26 Å². The zero-order valence-corrected chi connectivity index (χ0v) is 6.78. The van der Waals surface area contributed by atoms with E-state index in [1.54, 1.807) is 12.3 Å². The van der Waals surface area contributed by atoms with Crippen molar-refractivity contribution in [3.63, 3.8) is 0 Å². The smallest absolute Gasteiger partial charge is 0.0912 e. The van der Waals surface area contributed by atoms with Crippen LogP contribution in [0.2, 0.25) is 0 Å². The van der Waals surface area contributed by atoms with E-state index in [-0.39, 0.29) is 0 Å². The van der Waals surface area contributed by atoms with Crippen LogP contribution in [0.15, 0.2) is 18.3 Å². The molecule has 1 heterocycles. The summed E-state index contributed by atoms with van der Waals surface area (Å²) >= 11 is 0. The molecular formula is C9H9N3. The van der Waals surface area contributed by atoms with Crippen molar-refractivity contribution in [1.29, 1.82) is 5.26 Å². The molecule has 3 heteroatoms. The van der Waals surface area contributed by atoms with Crippen LogP contribution in [0.5, 0.6) is 0 Å². The fourth-order valence-electron chi connectivity index (χ4n) is 0.898. The van der Waals surface area contributed by atoms with Crippen molar-refractivity contribution in [3.8, 4) is 6.07 Å². The predicted octanol–water partition coefficient (Wildman–Crippen LogP) is 1.51. The fraction of sp³-hybridized carbons (Fsp3) is 0.111. The van der Waals surface area contributed by atoms with Gasteiger partial charge < -0.3 is 5.73 Å². The van der Waals surface area contributed by atoms with Crippen LogP contribution in [0.3, 0.4) is 0 Å². The zero-order valence-electron chi connectivity index (χ0n) is 6.78. The Balaban J connectivity index is 3.03. The molecule has 12 heavy (non-hydrogen) atoms. The Morgan fingerprint density at radius 2 is 2.42 bits per heavy atom. The minimum absolute atomic E-state index is 0.640. The third kappa shape index (κ3) is 1.83. The summed E-state index contributed by atoms with van der Waals surface area (Å²) in [6.45, 7) is 1.90. The molecule has 0 radical (unpaired) electrons. The highest BCUT2D eigenvalue weighted by atomic mass is 14.7. The Morgan fingerprint density at radius 3 is 3.00 bits per heavy atom. The summed E-state index contributed by atoms with van der Waals surface area (Å²) in [4.78, 5) is 4.05. The number of aromatic nitrogens is 1. The van der Waals surface area contributed by atoms with Crippen LogP contribution in [0.1, 0.15) is 11.3 Å². The first-order valence-corrected chi connectivity index (χ1v) is 3.52. The molecule has 2 N–H and O–H groups in total. The molecule has 0 atom stereocenters. The van der Waals surface area contributed by atoms with E-state index in [9.17, 15) is 0 Å². The van der Waals surface area contributed by atoms with Crippen molar-refractivity contribution < 1.29 is 0 Å². The second-order valence-electron chi connectivity index (χ2n) is 2.43. The lowest BCUT2D eigenvalue weighted by molar-refractivity contribution is 1.24. The molecule has 1 aromatic heterocycles. The number of hydrogen-bond donors (Lipinski definition) is 1. The highest BCUT2D eigenvalue weighted by Gasteiger charge is 1.94. The second kappa shape index (κ2) is 3.54. The Morgan fingerprint density at radius 1 is 1.67 bits per heavy atom. The molecule has 0 aliphatic rings. The lowest BCUT2D eigenvalue weighted by Crippen LogP contribution is -1.91. The maximum Gasteiger partial charge on any atom is 0.0912 e. The van der Waals surface area contributed by atoms with Gasteiger partial charge in [0.05, 0.1) is 23.6 Å². The SMILES string of the molecule is Cc1cc(N)cnc1C=CC#N. The average molecular weight is 159 g/mol. The van der Waals surface area contributed by atoms with Crippen molar-refractivity contribution in [2.75, 3.05) is 5.73 Å². The number of nitrogens with two attached hydrogens (primary N) is 1. The minimum atomic E-state index is 0.640. The van der Waals surface area contributed by atoms with E-state index in [0.29, 0.717) is 5.69 Å². The Kier molecular flexibility index (Phi) is 2.44. The second-order valence-corrected chi connectivity index (χ2v) is 2.43. The third-order valence-corrected chi connectivity index (χ3v) is 1.46. The van der Waals surface area contributed by atoms with E-state index < -0.39 is 0 Å². The molecule has 0 aliphatic carbocycles. The Bertz CT molecular complexity index is 347. The quantitative estimate of drug-likeness (QED) is 0.632. The van der Waals surface area contributed by atoms with Crippen LogP contribution in [0, 0.1) is 18.3 Å². The molecule has 0 spiro atoms. The van der Waals surface area contributed by atoms with E-state index in [4.69, 9.17) is 11.0 Å². The third-order valence-electron chi connectivity index (χ3n) is 1.46. The molecule has 0 bridgehead atoms. The first-order chi connectivity index (χ1) is 5.74. The molecule has 3 nitrogen and oxygen atoms in total. The topological polar surface area (TPSA) is 62.7 Å². The predicted molar refractivity (Wildman–Crippen MR) is 48.0 cm³/mol. The van der Waals surface area contributed by atoms with Gasteiger partial charge in [0.1, 0.15) is 0 Å². The molecule has 0 aromatic carbocycles. The first-order valence-electron chi connectivity index (χ1n) is 3.52. The maximum atomic E-state index is 8.28. The van der Waals surface area contributed by atoms with Gasteiger partial charge >= 0.3 is 0 Å². The number of rotatable bonds is 1. The minimum Gasteiger partial charge on any atom is -0.397 e. The monoisotopic (exact) mass is 159 g/mol. The molecular weight excluding hydrogens is 150 g/mol. The molecule has 1 rings (SSSR count). The van der Waals surface area contributed by atoms with E-state index >= 15 is 0 Å². The van der Waals surface area contributed by atoms with Gasteiger partial charge in [0, 0.05) is 6.08 Å². The summed E-state index contributed by atoms with van der Waals surface area (Å²) in [5.41, 5.74) is 7.90. The number of nitriles is 1. The molecule has 60 valence electrons.